The van der Waals surface area contributed by atoms with E-state index in [0.717, 1.165) is 31.9 Å². The molecule has 2 aromatic carbocycles. The number of carboxylic acid groups (broad SMARTS) is 1. The van der Waals surface area contributed by atoms with E-state index in [4.69, 9.17) is 38.3 Å². The molecule has 1 N–H and O–H groups in total. The lowest BCUT2D eigenvalue weighted by Gasteiger charge is -2.43. The average molecular weight is 589 g/mol. The summed E-state index contributed by atoms with van der Waals surface area (Å²) in [6, 6.07) is 13.9. The van der Waals surface area contributed by atoms with Crippen LogP contribution in [-0.2, 0) is 54.1 Å². The Hall–Kier alpha value is -4.65. The average Bonchev–Trinajstić information content (AvgIpc) is 2.89. The molecule has 0 amide bonds. The van der Waals surface area contributed by atoms with Gasteiger partial charge in [-0.3, -0.25) is 19.2 Å². The molecule has 1 saturated heterocycles. The molecule has 0 saturated carbocycles. The van der Waals surface area contributed by atoms with Crippen molar-refractivity contribution in [2.45, 2.75) is 64.8 Å². The Morgan fingerprint density at radius 2 is 1.29 bits per heavy atom. The topological polar surface area (TPSA) is 170 Å². The summed E-state index contributed by atoms with van der Waals surface area (Å²) in [5, 5.41) is 8.85. The van der Waals surface area contributed by atoms with E-state index >= 15 is 0 Å². The molecular weight excluding hydrogens is 556 g/mol. The minimum atomic E-state index is -1.37. The molecule has 0 spiro atoms. The molecule has 0 bridgehead atoms. The van der Waals surface area contributed by atoms with Crippen LogP contribution in [0, 0.1) is 0 Å². The molecule has 1 aliphatic rings. The van der Waals surface area contributed by atoms with Crippen LogP contribution in [0.15, 0.2) is 48.5 Å². The molecule has 13 nitrogen and oxygen atoms in total. The Kier molecular flexibility index (Phi) is 11.3. The first-order chi connectivity index (χ1) is 19.9. The van der Waals surface area contributed by atoms with E-state index < -0.39 is 67.2 Å². The van der Waals surface area contributed by atoms with E-state index in [0.29, 0.717) is 17.9 Å². The van der Waals surface area contributed by atoms with Crippen molar-refractivity contribution in [1.29, 1.82) is 0 Å². The first-order valence-corrected chi connectivity index (χ1v) is 12.9. The van der Waals surface area contributed by atoms with E-state index in [9.17, 15) is 24.0 Å². The van der Waals surface area contributed by atoms with Gasteiger partial charge in [-0.2, -0.15) is 0 Å². The number of rotatable bonds is 12. The molecule has 1 heterocycles. The van der Waals surface area contributed by atoms with Gasteiger partial charge in [0.15, 0.2) is 18.8 Å². The van der Waals surface area contributed by atoms with Crippen LogP contribution in [-0.4, -0.2) is 78.9 Å². The smallest absolute Gasteiger partial charge is 0.341 e. The maximum absolute atomic E-state index is 12.0. The zero-order valence-electron chi connectivity index (χ0n) is 23.5. The van der Waals surface area contributed by atoms with E-state index in [-0.39, 0.29) is 6.61 Å². The molecule has 3 rings (SSSR count). The summed E-state index contributed by atoms with van der Waals surface area (Å²) in [6.07, 6.45) is -6.09. The predicted octanol–water partition coefficient (Wildman–Crippen LogP) is 2.20. The number of benzene rings is 2. The number of carbonyl (C=O) groups excluding carboxylic acids is 4. The van der Waals surface area contributed by atoms with Gasteiger partial charge in [-0.25, -0.2) is 4.79 Å². The highest BCUT2D eigenvalue weighted by molar-refractivity contribution is 5.69. The second kappa shape index (κ2) is 14.8. The second-order valence-corrected chi connectivity index (χ2v) is 9.34. The largest absolute Gasteiger partial charge is 0.482 e. The molecule has 1 fully saturated rings. The maximum atomic E-state index is 12.0. The molecule has 2 aromatic rings. The van der Waals surface area contributed by atoms with E-state index in [1.807, 2.05) is 12.1 Å². The molecule has 226 valence electrons. The van der Waals surface area contributed by atoms with Crippen molar-refractivity contribution >= 4 is 29.8 Å². The van der Waals surface area contributed by atoms with Crippen LogP contribution in [0.3, 0.4) is 0 Å². The van der Waals surface area contributed by atoms with Crippen molar-refractivity contribution in [1.82, 2.24) is 0 Å². The second-order valence-electron chi connectivity index (χ2n) is 9.34. The summed E-state index contributed by atoms with van der Waals surface area (Å²) in [6.45, 7) is 3.75. The summed E-state index contributed by atoms with van der Waals surface area (Å²) in [4.78, 5) is 58.3. The highest BCUT2D eigenvalue weighted by atomic mass is 16.7. The maximum Gasteiger partial charge on any atom is 0.341 e. The van der Waals surface area contributed by atoms with Crippen molar-refractivity contribution < 1.29 is 62.2 Å². The van der Waals surface area contributed by atoms with Gasteiger partial charge in [-0.05, 0) is 41.8 Å². The molecule has 0 radical (unpaired) electrons. The molecule has 13 heteroatoms. The zero-order valence-corrected chi connectivity index (χ0v) is 23.5. The van der Waals surface area contributed by atoms with Gasteiger partial charge >= 0.3 is 29.8 Å². The molecule has 5 atom stereocenters. The highest BCUT2D eigenvalue weighted by Crippen LogP contribution is 2.31. The molecular formula is C29H32O13. The van der Waals surface area contributed by atoms with Crippen LogP contribution in [0.5, 0.6) is 11.5 Å². The number of hydrogen-bond donors (Lipinski definition) is 1. The SMILES string of the molecule is CC(=O)OC[C@H]1O[C@H](Oc2cccc(Cc3cccc(OCC(=O)O)c3)c2)[C@@H](OC(C)=O)[C@@H](OC(C)=O)[C@@H]1OC(C)=O. The number of hydrogen-bond acceptors (Lipinski definition) is 12. The quantitative estimate of drug-likeness (QED) is 0.283. The van der Waals surface area contributed by atoms with Crippen molar-refractivity contribution in [3.05, 3.63) is 59.7 Å². The van der Waals surface area contributed by atoms with E-state index in [1.54, 1.807) is 36.4 Å². The van der Waals surface area contributed by atoms with E-state index in [1.165, 1.54) is 6.92 Å². The third-order valence-electron chi connectivity index (χ3n) is 5.77. The highest BCUT2D eigenvalue weighted by Gasteiger charge is 2.53. The van der Waals surface area contributed by atoms with Gasteiger partial charge in [-0.15, -0.1) is 0 Å². The van der Waals surface area contributed by atoms with Gasteiger partial charge in [0.2, 0.25) is 12.4 Å². The molecule has 42 heavy (non-hydrogen) atoms. The molecule has 0 unspecified atom stereocenters. The minimum Gasteiger partial charge on any atom is -0.482 e. The van der Waals surface area contributed by atoms with Crippen LogP contribution in [0.1, 0.15) is 38.8 Å². The Morgan fingerprint density at radius 3 is 1.86 bits per heavy atom. The Morgan fingerprint density at radius 1 is 0.738 bits per heavy atom. The molecule has 0 aliphatic carbocycles. The third-order valence-corrected chi connectivity index (χ3v) is 5.77. The number of carboxylic acids is 1. The van der Waals surface area contributed by atoms with Crippen molar-refractivity contribution in [3.63, 3.8) is 0 Å². The fourth-order valence-electron chi connectivity index (χ4n) is 4.27. The number of ether oxygens (including phenoxy) is 7. The standard InChI is InChI=1S/C29H32O13/c1-16(30)36-14-24-26(38-17(2)31)27(39-18(3)32)28(40-19(4)33)29(42-24)41-23-10-6-8-21(13-23)11-20-7-5-9-22(12-20)37-15-25(34)35/h5-10,12-13,24,26-29H,11,14-15H2,1-4H3,(H,34,35)/t24-,26-,27+,28+,29+/m1/s1. The van der Waals surface area contributed by atoms with E-state index in [2.05, 4.69) is 0 Å². The summed E-state index contributed by atoms with van der Waals surface area (Å²) in [5.41, 5.74) is 1.64. The van der Waals surface area contributed by atoms with Crippen LogP contribution in [0.25, 0.3) is 0 Å². The van der Waals surface area contributed by atoms with Gasteiger partial charge in [0.05, 0.1) is 0 Å². The number of carbonyl (C=O) groups is 5. The van der Waals surface area contributed by atoms with Crippen LogP contribution in [0.2, 0.25) is 0 Å². The first-order valence-electron chi connectivity index (χ1n) is 12.9. The Balaban J connectivity index is 1.89. The summed E-state index contributed by atoms with van der Waals surface area (Å²) < 4.78 is 38.6. The zero-order chi connectivity index (χ0) is 30.8. The lowest BCUT2D eigenvalue weighted by Crippen LogP contribution is -2.63. The van der Waals surface area contributed by atoms with Crippen molar-refractivity contribution in [3.8, 4) is 11.5 Å². The van der Waals surface area contributed by atoms with Gasteiger partial charge in [0.25, 0.3) is 0 Å². The fourth-order valence-corrected chi connectivity index (χ4v) is 4.27. The summed E-state index contributed by atoms with van der Waals surface area (Å²) in [7, 11) is 0. The van der Waals surface area contributed by atoms with Gasteiger partial charge in [0.1, 0.15) is 24.2 Å². The van der Waals surface area contributed by atoms with Gasteiger partial charge in [0, 0.05) is 27.7 Å². The van der Waals surface area contributed by atoms with Crippen LogP contribution < -0.4 is 9.47 Å². The van der Waals surface area contributed by atoms with Gasteiger partial charge < -0.3 is 38.3 Å². The summed E-state index contributed by atoms with van der Waals surface area (Å²) in [5.74, 6) is -3.25. The lowest BCUT2D eigenvalue weighted by molar-refractivity contribution is -0.288. The molecule has 1 aliphatic heterocycles. The van der Waals surface area contributed by atoms with Crippen molar-refractivity contribution in [2.75, 3.05) is 13.2 Å². The number of esters is 4. The van der Waals surface area contributed by atoms with Crippen LogP contribution >= 0.6 is 0 Å². The van der Waals surface area contributed by atoms with Crippen molar-refractivity contribution in [2.24, 2.45) is 0 Å². The third kappa shape index (κ3) is 9.77. The van der Waals surface area contributed by atoms with Gasteiger partial charge in [-0.1, -0.05) is 24.3 Å². The number of aliphatic carboxylic acids is 1. The van der Waals surface area contributed by atoms with Crippen LogP contribution in [0.4, 0.5) is 0 Å². The fraction of sp³-hybridized carbons (Fsp3) is 0.414. The summed E-state index contributed by atoms with van der Waals surface area (Å²) >= 11 is 0. The Bertz CT molecular complexity index is 1290. The Labute approximate surface area is 241 Å². The first kappa shape index (κ1) is 31.9. The normalized spacial score (nSPS) is 21.4. The predicted molar refractivity (Wildman–Crippen MR) is 141 cm³/mol. The molecule has 0 aromatic heterocycles. The monoisotopic (exact) mass is 588 g/mol. The minimum absolute atomic E-state index is 0.298. The lowest BCUT2D eigenvalue weighted by atomic mass is 9.98.